The van der Waals surface area contributed by atoms with Gasteiger partial charge in [-0.25, -0.2) is 0 Å². The number of rotatable bonds is 7. The molecule has 0 heterocycles. The zero-order valence-electron chi connectivity index (χ0n) is 15.1. The fourth-order valence-electron chi connectivity index (χ4n) is 3.14. The molecule has 0 radical (unpaired) electrons. The van der Waals surface area contributed by atoms with Gasteiger partial charge >= 0.3 is 0 Å². The maximum Gasteiger partial charge on any atom is 0.263 e. The summed E-state index contributed by atoms with van der Waals surface area (Å²) >= 11 is 0. The summed E-state index contributed by atoms with van der Waals surface area (Å²) in [7, 11) is 3.59. The molecule has 0 unspecified atom stereocenters. The molecule has 134 valence electrons. The van der Waals surface area contributed by atoms with Crippen molar-refractivity contribution in [1.29, 1.82) is 5.26 Å². The van der Waals surface area contributed by atoms with Crippen molar-refractivity contribution in [2.24, 2.45) is 0 Å². The van der Waals surface area contributed by atoms with Crippen molar-refractivity contribution in [3.8, 4) is 11.8 Å². The normalized spacial score (nSPS) is 15.3. The van der Waals surface area contributed by atoms with E-state index >= 15 is 0 Å². The van der Waals surface area contributed by atoms with Crippen LogP contribution in [0.2, 0.25) is 0 Å². The molecule has 1 aromatic carbocycles. The third-order valence-electron chi connectivity index (χ3n) is 4.71. The van der Waals surface area contributed by atoms with Gasteiger partial charge in [-0.3, -0.25) is 4.79 Å². The predicted octanol–water partition coefficient (Wildman–Crippen LogP) is 3.03. The minimum atomic E-state index is -0.307. The fraction of sp³-hybridized carbons (Fsp3) is 0.500. The van der Waals surface area contributed by atoms with Crippen LogP contribution in [0.1, 0.15) is 37.7 Å². The van der Waals surface area contributed by atoms with E-state index in [1.165, 1.54) is 19.3 Å². The van der Waals surface area contributed by atoms with Gasteiger partial charge in [0.15, 0.2) is 0 Å². The van der Waals surface area contributed by atoms with Crippen molar-refractivity contribution in [2.75, 3.05) is 20.7 Å². The highest BCUT2D eigenvalue weighted by atomic mass is 16.5. The molecule has 1 amide bonds. The maximum absolute atomic E-state index is 12.2. The average molecular weight is 341 g/mol. The molecule has 1 N–H and O–H groups in total. The van der Waals surface area contributed by atoms with Crippen LogP contribution < -0.4 is 10.1 Å². The van der Waals surface area contributed by atoms with E-state index in [1.54, 1.807) is 13.3 Å². The van der Waals surface area contributed by atoms with Crippen molar-refractivity contribution >= 4 is 5.91 Å². The molecule has 2 rings (SSSR count). The van der Waals surface area contributed by atoms with Gasteiger partial charge in [-0.15, -0.1) is 0 Å². The van der Waals surface area contributed by atoms with E-state index in [0.29, 0.717) is 19.0 Å². The predicted molar refractivity (Wildman–Crippen MR) is 98.0 cm³/mol. The van der Waals surface area contributed by atoms with E-state index in [-0.39, 0.29) is 11.5 Å². The number of hydrogen-bond acceptors (Lipinski definition) is 4. The van der Waals surface area contributed by atoms with Crippen LogP contribution >= 0.6 is 0 Å². The SMILES string of the molecule is COc1ccc(CCNC(=O)/C(C#N)=C\N(C)C2CCCCC2)cc1. The van der Waals surface area contributed by atoms with Crippen LogP contribution in [-0.4, -0.2) is 37.6 Å². The number of nitrogens with zero attached hydrogens (tertiary/aromatic N) is 2. The Morgan fingerprint density at radius 3 is 2.60 bits per heavy atom. The number of ether oxygens (including phenoxy) is 1. The Labute approximate surface area is 150 Å². The van der Waals surface area contributed by atoms with Gasteiger partial charge in [0, 0.05) is 25.8 Å². The second kappa shape index (κ2) is 9.73. The summed E-state index contributed by atoms with van der Waals surface area (Å²) in [5, 5.41) is 12.1. The van der Waals surface area contributed by atoms with Crippen LogP contribution in [0.25, 0.3) is 0 Å². The molecule has 0 aliphatic heterocycles. The second-order valence-electron chi connectivity index (χ2n) is 6.47. The molecule has 0 bridgehead atoms. The number of carbonyl (C=O) groups excluding carboxylic acids is 1. The Balaban J connectivity index is 1.84. The monoisotopic (exact) mass is 341 g/mol. The van der Waals surface area contributed by atoms with Gasteiger partial charge in [0.05, 0.1) is 7.11 Å². The number of nitriles is 1. The van der Waals surface area contributed by atoms with E-state index in [4.69, 9.17) is 4.74 Å². The van der Waals surface area contributed by atoms with Crippen molar-refractivity contribution in [2.45, 2.75) is 44.6 Å². The van der Waals surface area contributed by atoms with Crippen LogP contribution in [-0.2, 0) is 11.2 Å². The van der Waals surface area contributed by atoms with Gasteiger partial charge in [0.1, 0.15) is 17.4 Å². The smallest absolute Gasteiger partial charge is 0.263 e. The molecule has 5 heteroatoms. The molecule has 25 heavy (non-hydrogen) atoms. The number of amides is 1. The quantitative estimate of drug-likeness (QED) is 0.611. The first-order valence-corrected chi connectivity index (χ1v) is 8.89. The van der Waals surface area contributed by atoms with E-state index in [9.17, 15) is 10.1 Å². The summed E-state index contributed by atoms with van der Waals surface area (Å²) in [6.07, 6.45) is 8.39. The Kier molecular flexibility index (Phi) is 7.34. The lowest BCUT2D eigenvalue weighted by Crippen LogP contribution is -2.32. The summed E-state index contributed by atoms with van der Waals surface area (Å²) < 4.78 is 5.13. The minimum absolute atomic E-state index is 0.169. The van der Waals surface area contributed by atoms with Crippen molar-refractivity contribution in [3.63, 3.8) is 0 Å². The average Bonchev–Trinajstić information content (AvgIpc) is 2.67. The molecule has 0 saturated heterocycles. The van der Waals surface area contributed by atoms with Gasteiger partial charge in [-0.2, -0.15) is 5.26 Å². The zero-order chi connectivity index (χ0) is 18.1. The highest BCUT2D eigenvalue weighted by molar-refractivity contribution is 5.97. The highest BCUT2D eigenvalue weighted by Gasteiger charge is 2.18. The van der Waals surface area contributed by atoms with Crippen LogP contribution in [0.3, 0.4) is 0 Å². The van der Waals surface area contributed by atoms with Crippen molar-refractivity contribution in [3.05, 3.63) is 41.6 Å². The number of methoxy groups -OCH3 is 1. The van der Waals surface area contributed by atoms with Gasteiger partial charge < -0.3 is 15.0 Å². The molecular formula is C20H27N3O2. The molecule has 1 saturated carbocycles. The molecule has 1 aliphatic carbocycles. The number of carbonyl (C=O) groups is 1. The fourth-order valence-corrected chi connectivity index (χ4v) is 3.14. The van der Waals surface area contributed by atoms with Crippen LogP contribution in [0.5, 0.6) is 5.75 Å². The largest absolute Gasteiger partial charge is 0.497 e. The van der Waals surface area contributed by atoms with Crippen molar-refractivity contribution < 1.29 is 9.53 Å². The lowest BCUT2D eigenvalue weighted by molar-refractivity contribution is -0.117. The highest BCUT2D eigenvalue weighted by Crippen LogP contribution is 2.22. The Hall–Kier alpha value is -2.48. The number of nitrogens with one attached hydrogen (secondary N) is 1. The lowest BCUT2D eigenvalue weighted by Gasteiger charge is -2.30. The first-order chi connectivity index (χ1) is 12.1. The molecule has 1 aliphatic rings. The third kappa shape index (κ3) is 5.82. The van der Waals surface area contributed by atoms with E-state index in [0.717, 1.165) is 24.2 Å². The van der Waals surface area contributed by atoms with Gasteiger partial charge in [-0.05, 0) is 37.0 Å². The van der Waals surface area contributed by atoms with E-state index < -0.39 is 0 Å². The maximum atomic E-state index is 12.2. The first-order valence-electron chi connectivity index (χ1n) is 8.89. The molecule has 0 spiro atoms. The topological polar surface area (TPSA) is 65.4 Å². The summed E-state index contributed by atoms with van der Waals surface area (Å²) in [4.78, 5) is 14.3. The lowest BCUT2D eigenvalue weighted by atomic mass is 9.94. The number of hydrogen-bond donors (Lipinski definition) is 1. The summed E-state index contributed by atoms with van der Waals surface area (Å²) in [5.74, 6) is 0.506. The molecule has 0 atom stereocenters. The van der Waals surface area contributed by atoms with E-state index in [2.05, 4.69) is 5.32 Å². The minimum Gasteiger partial charge on any atom is -0.497 e. The Bertz CT molecular complexity index is 625. The van der Waals surface area contributed by atoms with E-state index in [1.807, 2.05) is 42.3 Å². The summed E-state index contributed by atoms with van der Waals surface area (Å²) in [6.45, 7) is 0.497. The first kappa shape index (κ1) is 18.9. The molecule has 1 fully saturated rings. The van der Waals surface area contributed by atoms with Crippen LogP contribution in [0.4, 0.5) is 0 Å². The Morgan fingerprint density at radius 1 is 1.32 bits per heavy atom. The number of benzene rings is 1. The summed E-state index contributed by atoms with van der Waals surface area (Å²) in [5.41, 5.74) is 1.28. The van der Waals surface area contributed by atoms with Crippen LogP contribution in [0.15, 0.2) is 36.0 Å². The zero-order valence-corrected chi connectivity index (χ0v) is 15.1. The Morgan fingerprint density at radius 2 is 2.00 bits per heavy atom. The van der Waals surface area contributed by atoms with Gasteiger partial charge in [0.25, 0.3) is 5.91 Å². The molecule has 0 aromatic heterocycles. The molecule has 5 nitrogen and oxygen atoms in total. The van der Waals surface area contributed by atoms with Gasteiger partial charge in [-0.1, -0.05) is 31.4 Å². The van der Waals surface area contributed by atoms with Crippen LogP contribution in [0, 0.1) is 11.3 Å². The molecule has 1 aromatic rings. The summed E-state index contributed by atoms with van der Waals surface area (Å²) in [6, 6.07) is 10.2. The van der Waals surface area contributed by atoms with Gasteiger partial charge in [0.2, 0.25) is 0 Å². The standard InChI is InChI=1S/C20H27N3O2/c1-23(18-6-4-3-5-7-18)15-17(14-21)20(24)22-13-12-16-8-10-19(25-2)11-9-16/h8-11,15,18H,3-7,12-13H2,1-2H3,(H,22,24)/b17-15-. The third-order valence-corrected chi connectivity index (χ3v) is 4.71. The van der Waals surface area contributed by atoms with Crippen molar-refractivity contribution in [1.82, 2.24) is 10.2 Å². The molecular weight excluding hydrogens is 314 g/mol. The second-order valence-corrected chi connectivity index (χ2v) is 6.47.